The maximum Gasteiger partial charge on any atom is 0.343 e. The van der Waals surface area contributed by atoms with Gasteiger partial charge in [0.1, 0.15) is 5.56 Å². The maximum atomic E-state index is 12.8. The number of pyridine rings is 2. The molecule has 0 fully saturated rings. The molecule has 1 amide bonds. The van der Waals surface area contributed by atoms with E-state index < -0.39 is 11.4 Å². The Bertz CT molecular complexity index is 1060. The maximum absolute atomic E-state index is 12.8. The molecule has 3 rings (SSSR count). The zero-order valence-electron chi connectivity index (χ0n) is 15.1. The van der Waals surface area contributed by atoms with E-state index >= 15 is 0 Å². The molecule has 0 spiro atoms. The Hall–Kier alpha value is -3.48. The number of ether oxygens (including phenoxy) is 1. The van der Waals surface area contributed by atoms with Gasteiger partial charge in [0.05, 0.1) is 17.7 Å². The van der Waals surface area contributed by atoms with Crippen molar-refractivity contribution < 1.29 is 14.3 Å². The lowest BCUT2D eigenvalue weighted by Gasteiger charge is -2.13. The summed E-state index contributed by atoms with van der Waals surface area (Å²) in [5.41, 5.74) is 1.09. The van der Waals surface area contributed by atoms with E-state index in [0.717, 1.165) is 0 Å². The molecule has 1 N–H and O–H groups in total. The first-order valence-electron chi connectivity index (χ1n) is 8.60. The van der Waals surface area contributed by atoms with Gasteiger partial charge in [-0.3, -0.25) is 14.6 Å². The molecule has 7 heteroatoms. The number of carbonyl (C=O) groups is 2. The van der Waals surface area contributed by atoms with Crippen molar-refractivity contribution in [2.24, 2.45) is 0 Å². The van der Waals surface area contributed by atoms with Crippen LogP contribution >= 0.6 is 0 Å². The van der Waals surface area contributed by atoms with Crippen LogP contribution in [-0.2, 0) is 11.3 Å². The van der Waals surface area contributed by atoms with Crippen LogP contribution in [0.4, 0.5) is 5.69 Å². The summed E-state index contributed by atoms with van der Waals surface area (Å²) < 4.78 is 6.78. The first-order chi connectivity index (χ1) is 13.0. The minimum atomic E-state index is -0.656. The van der Waals surface area contributed by atoms with Crippen molar-refractivity contribution in [3.8, 4) is 0 Å². The molecule has 7 nitrogen and oxygen atoms in total. The fraction of sp³-hybridized carbons (Fsp3) is 0.200. The third-order valence-electron chi connectivity index (χ3n) is 4.10. The van der Waals surface area contributed by atoms with Gasteiger partial charge < -0.3 is 14.6 Å². The molecule has 27 heavy (non-hydrogen) atoms. The second-order valence-electron chi connectivity index (χ2n) is 5.81. The molecule has 0 unspecified atom stereocenters. The van der Waals surface area contributed by atoms with Crippen LogP contribution < -0.4 is 10.7 Å². The Labute approximate surface area is 155 Å². The number of esters is 1. The molecule has 0 saturated heterocycles. The number of hydrogen-bond acceptors (Lipinski definition) is 5. The number of benzene rings is 1. The molecule has 0 atom stereocenters. The molecule has 0 aliphatic heterocycles. The molecule has 2 aromatic heterocycles. The number of nitrogens with zero attached hydrogens (tertiary/aromatic N) is 2. The van der Waals surface area contributed by atoms with Crippen molar-refractivity contribution in [3.05, 3.63) is 70.3 Å². The number of aryl methyl sites for hydroxylation is 1. The molecule has 0 aliphatic carbocycles. The number of rotatable bonds is 5. The number of carbonyl (C=O) groups excluding carboxylic acids is 2. The minimum Gasteiger partial charge on any atom is -0.462 e. The second kappa shape index (κ2) is 7.82. The molecule has 138 valence electrons. The fourth-order valence-corrected chi connectivity index (χ4v) is 2.79. The number of nitrogens with one attached hydrogen (secondary N) is 1. The fourth-order valence-electron chi connectivity index (χ4n) is 2.79. The lowest BCUT2D eigenvalue weighted by molar-refractivity contribution is 0.0524. The Morgan fingerprint density at radius 2 is 2.04 bits per heavy atom. The third-order valence-corrected chi connectivity index (χ3v) is 4.10. The van der Waals surface area contributed by atoms with Gasteiger partial charge in [0.25, 0.3) is 5.91 Å². The quantitative estimate of drug-likeness (QED) is 0.702. The first-order valence-corrected chi connectivity index (χ1v) is 8.60. The normalized spacial score (nSPS) is 10.6. The van der Waals surface area contributed by atoms with E-state index in [9.17, 15) is 14.4 Å². The number of amides is 1. The summed E-state index contributed by atoms with van der Waals surface area (Å²) in [5, 5.41) is 3.08. The predicted octanol–water partition coefficient (Wildman–Crippen LogP) is 2.85. The van der Waals surface area contributed by atoms with E-state index in [1.165, 1.54) is 12.4 Å². The highest BCUT2D eigenvalue weighted by molar-refractivity contribution is 6.05. The Morgan fingerprint density at radius 1 is 1.22 bits per heavy atom. The van der Waals surface area contributed by atoms with Crippen LogP contribution in [0.1, 0.15) is 34.6 Å². The van der Waals surface area contributed by atoms with Gasteiger partial charge in [-0.05, 0) is 44.2 Å². The predicted molar refractivity (Wildman–Crippen MR) is 102 cm³/mol. The highest BCUT2D eigenvalue weighted by Gasteiger charge is 2.17. The molecule has 2 heterocycles. The number of aromatic nitrogens is 2. The van der Waals surface area contributed by atoms with Crippen molar-refractivity contribution in [2.45, 2.75) is 20.4 Å². The lowest BCUT2D eigenvalue weighted by atomic mass is 10.1. The molecular formula is C20H19N3O4. The lowest BCUT2D eigenvalue weighted by Crippen LogP contribution is -2.21. The summed E-state index contributed by atoms with van der Waals surface area (Å²) in [6.45, 7) is 4.36. The molecule has 0 saturated carbocycles. The van der Waals surface area contributed by atoms with E-state index in [4.69, 9.17) is 4.74 Å². The van der Waals surface area contributed by atoms with Gasteiger partial charge in [0.2, 0.25) is 5.43 Å². The molecule has 0 radical (unpaired) electrons. The van der Waals surface area contributed by atoms with E-state index in [-0.39, 0.29) is 18.1 Å². The Kier molecular flexibility index (Phi) is 5.30. The molecule has 0 bridgehead atoms. The van der Waals surface area contributed by atoms with E-state index in [1.807, 2.05) is 6.92 Å². The zero-order chi connectivity index (χ0) is 19.4. The van der Waals surface area contributed by atoms with E-state index in [1.54, 1.807) is 48.0 Å². The standard InChI is InChI=1S/C20H19N3O4/c1-3-23-12-16(20(26)27-4-2)18(24)15-10-14(7-8-17(15)23)22-19(25)13-6-5-9-21-11-13/h5-12H,3-4H2,1-2H3,(H,22,25). The smallest absolute Gasteiger partial charge is 0.343 e. The summed E-state index contributed by atoms with van der Waals surface area (Å²) >= 11 is 0. The number of fused-ring (bicyclic) bond motifs is 1. The van der Waals surface area contributed by atoms with Crippen molar-refractivity contribution >= 4 is 28.5 Å². The average Bonchev–Trinajstić information content (AvgIpc) is 2.69. The van der Waals surface area contributed by atoms with Crippen molar-refractivity contribution in [1.29, 1.82) is 0 Å². The van der Waals surface area contributed by atoms with E-state index in [2.05, 4.69) is 10.3 Å². The van der Waals surface area contributed by atoms with Gasteiger partial charge in [-0.2, -0.15) is 0 Å². The zero-order valence-corrected chi connectivity index (χ0v) is 15.1. The Balaban J connectivity index is 2.05. The van der Waals surface area contributed by atoms with Crippen molar-refractivity contribution in [3.63, 3.8) is 0 Å². The first kappa shape index (κ1) is 18.3. The van der Waals surface area contributed by atoms with Crippen LogP contribution in [0.2, 0.25) is 0 Å². The number of hydrogen-bond donors (Lipinski definition) is 1. The Morgan fingerprint density at radius 3 is 2.70 bits per heavy atom. The van der Waals surface area contributed by atoms with Crippen LogP contribution in [0.3, 0.4) is 0 Å². The van der Waals surface area contributed by atoms with Crippen LogP contribution in [-0.4, -0.2) is 28.0 Å². The molecule has 3 aromatic rings. The SMILES string of the molecule is CCOC(=O)c1cn(CC)c2ccc(NC(=O)c3cccnc3)cc2c1=O. The van der Waals surface area contributed by atoms with E-state index in [0.29, 0.717) is 28.7 Å². The molecule has 0 aliphatic rings. The van der Waals surface area contributed by atoms with Gasteiger partial charge in [-0.1, -0.05) is 0 Å². The van der Waals surface area contributed by atoms with Gasteiger partial charge in [-0.15, -0.1) is 0 Å². The largest absolute Gasteiger partial charge is 0.462 e. The highest BCUT2D eigenvalue weighted by Crippen LogP contribution is 2.19. The van der Waals surface area contributed by atoms with Gasteiger partial charge in [0.15, 0.2) is 0 Å². The number of anilines is 1. The second-order valence-corrected chi connectivity index (χ2v) is 5.81. The molecular weight excluding hydrogens is 346 g/mol. The van der Waals surface area contributed by atoms with Gasteiger partial charge in [0, 0.05) is 36.2 Å². The summed E-state index contributed by atoms with van der Waals surface area (Å²) in [7, 11) is 0. The summed E-state index contributed by atoms with van der Waals surface area (Å²) in [6.07, 6.45) is 4.55. The van der Waals surface area contributed by atoms with Gasteiger partial charge >= 0.3 is 5.97 Å². The topological polar surface area (TPSA) is 90.3 Å². The van der Waals surface area contributed by atoms with Crippen LogP contribution in [0.25, 0.3) is 10.9 Å². The summed E-state index contributed by atoms with van der Waals surface area (Å²) in [4.78, 5) is 41.1. The minimum absolute atomic E-state index is 0.0260. The summed E-state index contributed by atoms with van der Waals surface area (Å²) in [5.74, 6) is -0.990. The summed E-state index contributed by atoms with van der Waals surface area (Å²) in [6, 6.07) is 8.34. The molecule has 1 aromatic carbocycles. The monoisotopic (exact) mass is 365 g/mol. The van der Waals surface area contributed by atoms with Crippen molar-refractivity contribution in [2.75, 3.05) is 11.9 Å². The highest BCUT2D eigenvalue weighted by atomic mass is 16.5. The van der Waals surface area contributed by atoms with Gasteiger partial charge in [-0.25, -0.2) is 4.79 Å². The third kappa shape index (κ3) is 3.72. The van der Waals surface area contributed by atoms with Crippen LogP contribution in [0.5, 0.6) is 0 Å². The van der Waals surface area contributed by atoms with Crippen LogP contribution in [0, 0.1) is 0 Å². The average molecular weight is 365 g/mol. The van der Waals surface area contributed by atoms with Crippen LogP contribution in [0.15, 0.2) is 53.7 Å². The van der Waals surface area contributed by atoms with Crippen molar-refractivity contribution in [1.82, 2.24) is 9.55 Å².